The second-order valence-electron chi connectivity index (χ2n) is 6.46. The van der Waals surface area contributed by atoms with E-state index in [1.165, 1.54) is 15.5 Å². The summed E-state index contributed by atoms with van der Waals surface area (Å²) in [5.74, 6) is 0.544. The van der Waals surface area contributed by atoms with Gasteiger partial charge in [-0.3, -0.25) is 9.59 Å². The van der Waals surface area contributed by atoms with Crippen molar-refractivity contribution >= 4 is 28.6 Å². The Morgan fingerprint density at radius 3 is 2.90 bits per heavy atom. The van der Waals surface area contributed by atoms with Crippen LogP contribution in [0.25, 0.3) is 10.6 Å². The van der Waals surface area contributed by atoms with Crippen LogP contribution in [0.3, 0.4) is 0 Å². The molecule has 4 aromatic heterocycles. The zero-order chi connectivity index (χ0) is 20.2. The summed E-state index contributed by atoms with van der Waals surface area (Å²) in [5, 5.41) is 5.99. The fourth-order valence-electron chi connectivity index (χ4n) is 2.86. The molecule has 6 nitrogen and oxygen atoms in total. The molecule has 8 heteroatoms. The zero-order valence-corrected chi connectivity index (χ0v) is 17.4. The molecule has 4 heterocycles. The van der Waals surface area contributed by atoms with Crippen LogP contribution in [0.4, 0.5) is 0 Å². The average molecular weight is 426 g/mol. The maximum Gasteiger partial charge on any atom is 0.287 e. The predicted octanol–water partition coefficient (Wildman–Crippen LogP) is 3.96. The fourth-order valence-corrected chi connectivity index (χ4v) is 4.51. The first-order valence-corrected chi connectivity index (χ1v) is 10.8. The van der Waals surface area contributed by atoms with Gasteiger partial charge in [0.05, 0.1) is 22.1 Å². The van der Waals surface area contributed by atoms with E-state index in [2.05, 4.69) is 27.8 Å². The van der Waals surface area contributed by atoms with E-state index in [1.807, 2.05) is 6.92 Å². The number of thiophene rings is 1. The van der Waals surface area contributed by atoms with Gasteiger partial charge in [-0.15, -0.1) is 22.7 Å². The lowest BCUT2D eigenvalue weighted by molar-refractivity contribution is 0.0924. The quantitative estimate of drug-likeness (QED) is 0.486. The van der Waals surface area contributed by atoms with Gasteiger partial charge in [0.15, 0.2) is 5.76 Å². The highest BCUT2D eigenvalue weighted by molar-refractivity contribution is 7.16. The molecule has 4 rings (SSSR count). The third kappa shape index (κ3) is 4.72. The van der Waals surface area contributed by atoms with Crippen LogP contribution < -0.4 is 10.9 Å². The van der Waals surface area contributed by atoms with Crippen LogP contribution in [-0.2, 0) is 13.0 Å². The van der Waals surface area contributed by atoms with E-state index in [1.54, 1.807) is 53.1 Å². The Kier molecular flexibility index (Phi) is 5.73. The highest BCUT2D eigenvalue weighted by Crippen LogP contribution is 2.29. The molecular weight excluding hydrogens is 406 g/mol. The van der Waals surface area contributed by atoms with Crippen molar-refractivity contribution in [2.75, 3.05) is 6.54 Å². The number of nitrogens with one attached hydrogen (secondary N) is 1. The van der Waals surface area contributed by atoms with Gasteiger partial charge in [0, 0.05) is 29.1 Å². The Morgan fingerprint density at radius 2 is 2.10 bits per heavy atom. The summed E-state index contributed by atoms with van der Waals surface area (Å²) in [5.41, 5.74) is 0.895. The number of carbonyl (C=O) groups is 1. The first-order chi connectivity index (χ1) is 14.1. The van der Waals surface area contributed by atoms with E-state index >= 15 is 0 Å². The summed E-state index contributed by atoms with van der Waals surface area (Å²) < 4.78 is 7.12. The molecule has 0 unspecified atom stereocenters. The normalized spacial score (nSPS) is 10.9. The van der Waals surface area contributed by atoms with Crippen LogP contribution >= 0.6 is 22.7 Å². The third-order valence-corrected chi connectivity index (χ3v) is 6.24. The van der Waals surface area contributed by atoms with Crippen molar-refractivity contribution in [3.8, 4) is 10.6 Å². The van der Waals surface area contributed by atoms with Crippen LogP contribution in [-0.4, -0.2) is 22.0 Å². The molecule has 0 bridgehead atoms. The van der Waals surface area contributed by atoms with Crippen molar-refractivity contribution in [1.29, 1.82) is 0 Å². The number of hydrogen-bond acceptors (Lipinski definition) is 6. The lowest BCUT2D eigenvalue weighted by atomic mass is 10.3. The molecule has 0 saturated heterocycles. The number of pyridine rings is 1. The minimum Gasteiger partial charge on any atom is -0.454 e. The minimum absolute atomic E-state index is 0.113. The zero-order valence-electron chi connectivity index (χ0n) is 15.8. The first-order valence-electron chi connectivity index (χ1n) is 9.12. The van der Waals surface area contributed by atoms with Crippen LogP contribution in [0.1, 0.15) is 26.2 Å². The molecule has 0 aliphatic heterocycles. The molecular formula is C21H19N3O3S2. The minimum atomic E-state index is -0.261. The monoisotopic (exact) mass is 425 g/mol. The first kappa shape index (κ1) is 19.4. The van der Waals surface area contributed by atoms with Crippen molar-refractivity contribution in [3.05, 3.63) is 85.8 Å². The number of furan rings is 1. The Bertz CT molecular complexity index is 1190. The molecule has 1 N–H and O–H groups in total. The fraction of sp³-hybridized carbons (Fsp3) is 0.190. The van der Waals surface area contributed by atoms with Gasteiger partial charge in [-0.25, -0.2) is 4.98 Å². The topological polar surface area (TPSA) is 77.1 Å². The van der Waals surface area contributed by atoms with Gasteiger partial charge in [0.1, 0.15) is 5.76 Å². The van der Waals surface area contributed by atoms with Gasteiger partial charge >= 0.3 is 0 Å². The Hall–Kier alpha value is -2.97. The highest BCUT2D eigenvalue weighted by Gasteiger charge is 2.12. The van der Waals surface area contributed by atoms with E-state index in [0.29, 0.717) is 18.8 Å². The second kappa shape index (κ2) is 8.59. The molecule has 0 spiro atoms. The van der Waals surface area contributed by atoms with E-state index in [9.17, 15) is 9.59 Å². The van der Waals surface area contributed by atoms with E-state index in [-0.39, 0.29) is 17.2 Å². The number of aromatic nitrogens is 2. The van der Waals surface area contributed by atoms with Crippen molar-refractivity contribution in [2.24, 2.45) is 0 Å². The summed E-state index contributed by atoms with van der Waals surface area (Å²) in [4.78, 5) is 30.9. The summed E-state index contributed by atoms with van der Waals surface area (Å²) in [6.07, 6.45) is 2.43. The lowest BCUT2D eigenvalue weighted by Gasteiger charge is -2.03. The maximum absolute atomic E-state index is 12.3. The van der Waals surface area contributed by atoms with Crippen molar-refractivity contribution in [2.45, 2.75) is 19.9 Å². The molecule has 0 aromatic carbocycles. The maximum atomic E-state index is 12.3. The molecule has 29 heavy (non-hydrogen) atoms. The molecule has 0 aliphatic rings. The largest absolute Gasteiger partial charge is 0.454 e. The molecule has 0 aliphatic carbocycles. The number of aryl methyl sites for hydroxylation is 1. The predicted molar refractivity (Wildman–Crippen MR) is 115 cm³/mol. The van der Waals surface area contributed by atoms with Gasteiger partial charge in [-0.1, -0.05) is 6.07 Å². The molecule has 0 radical (unpaired) electrons. The Labute approximate surface area is 175 Å². The van der Waals surface area contributed by atoms with Gasteiger partial charge in [-0.05, 0) is 43.7 Å². The van der Waals surface area contributed by atoms with Crippen LogP contribution in [0.15, 0.2) is 63.3 Å². The van der Waals surface area contributed by atoms with E-state index < -0.39 is 0 Å². The number of hydrogen-bond donors (Lipinski definition) is 1. The highest BCUT2D eigenvalue weighted by atomic mass is 32.1. The van der Waals surface area contributed by atoms with Gasteiger partial charge in [0.25, 0.3) is 11.5 Å². The van der Waals surface area contributed by atoms with Crippen LogP contribution in [0.2, 0.25) is 0 Å². The average Bonchev–Trinajstić information content (AvgIpc) is 3.44. The van der Waals surface area contributed by atoms with Gasteiger partial charge < -0.3 is 14.3 Å². The summed E-state index contributed by atoms with van der Waals surface area (Å²) in [6.45, 7) is 2.81. The Morgan fingerprint density at radius 1 is 1.21 bits per heavy atom. The van der Waals surface area contributed by atoms with Crippen molar-refractivity contribution in [3.63, 3.8) is 0 Å². The number of nitrogens with zero attached hydrogens (tertiary/aromatic N) is 2. The van der Waals surface area contributed by atoms with E-state index in [0.717, 1.165) is 22.0 Å². The summed E-state index contributed by atoms with van der Waals surface area (Å²) in [7, 11) is 0. The van der Waals surface area contributed by atoms with Crippen molar-refractivity contribution in [1.82, 2.24) is 14.9 Å². The molecule has 0 fully saturated rings. The molecule has 148 valence electrons. The third-order valence-electron chi connectivity index (χ3n) is 4.30. The molecule has 1 amide bonds. The summed E-state index contributed by atoms with van der Waals surface area (Å²) in [6, 6.07) is 12.5. The van der Waals surface area contributed by atoms with Crippen LogP contribution in [0.5, 0.6) is 0 Å². The molecule has 0 atom stereocenters. The smallest absolute Gasteiger partial charge is 0.287 e. The molecule has 0 saturated carbocycles. The number of carbonyl (C=O) groups excluding carboxylic acids is 1. The van der Waals surface area contributed by atoms with Crippen molar-refractivity contribution < 1.29 is 9.21 Å². The van der Waals surface area contributed by atoms with E-state index in [4.69, 9.17) is 4.42 Å². The van der Waals surface area contributed by atoms with Crippen LogP contribution in [0, 0.1) is 6.92 Å². The second-order valence-corrected chi connectivity index (χ2v) is 8.69. The Balaban J connectivity index is 1.30. The number of amides is 1. The number of rotatable bonds is 7. The SMILES string of the molecule is Cc1nc(-c2ccc(CCNC(=O)c3ccc(Cn4ccccc4=O)o3)s2)cs1. The summed E-state index contributed by atoms with van der Waals surface area (Å²) >= 11 is 3.33. The number of thiazole rings is 1. The van der Waals surface area contributed by atoms with Gasteiger partial charge in [-0.2, -0.15) is 0 Å². The standard InChI is InChI=1S/C21H19N3O3S2/c1-14-23-17(13-28-14)19-8-6-16(29-19)9-10-22-21(26)18-7-5-15(27-18)12-24-11-3-2-4-20(24)25/h2-8,11,13H,9-10,12H2,1H3,(H,22,26). The van der Waals surface area contributed by atoms with Gasteiger partial charge in [0.2, 0.25) is 0 Å². The molecule has 4 aromatic rings. The lowest BCUT2D eigenvalue weighted by Crippen LogP contribution is -2.25.